The Morgan fingerprint density at radius 1 is 1.56 bits per heavy atom. The molecule has 0 radical (unpaired) electrons. The number of nitrogens with zero attached hydrogens (tertiary/aromatic N) is 1. The molecule has 0 aromatic rings. The third-order valence-corrected chi connectivity index (χ3v) is 2.73. The van der Waals surface area contributed by atoms with E-state index in [2.05, 4.69) is 17.5 Å². The second-order valence-corrected chi connectivity index (χ2v) is 3.70. The number of piperidine rings is 1. The van der Waals surface area contributed by atoms with E-state index in [1.54, 1.807) is 0 Å². The molecule has 1 nitrogen and oxygen atoms in total. The molecule has 1 aliphatic heterocycles. The van der Waals surface area contributed by atoms with Gasteiger partial charge >= 0.3 is 0 Å². The molecule has 1 fully saturated rings. The first-order valence-electron chi connectivity index (χ1n) is 3.62. The highest BCUT2D eigenvalue weighted by Crippen LogP contribution is 2.19. The molecule has 1 aliphatic rings. The van der Waals surface area contributed by atoms with Gasteiger partial charge in [0.25, 0.3) is 0 Å². The normalized spacial score (nSPS) is 30.7. The van der Waals surface area contributed by atoms with E-state index < -0.39 is 0 Å². The molecule has 1 heterocycles. The minimum absolute atomic E-state index is 0.922. The first-order valence-corrected chi connectivity index (χ1v) is 4.80. The molecule has 54 valence electrons. The SMILES string of the molecule is CSN1CCC[C@@H](C)C1. The summed E-state index contributed by atoms with van der Waals surface area (Å²) in [4.78, 5) is 0. The molecule has 1 rings (SSSR count). The van der Waals surface area contributed by atoms with Crippen molar-refractivity contribution >= 4 is 11.9 Å². The van der Waals surface area contributed by atoms with Crippen molar-refractivity contribution < 1.29 is 0 Å². The van der Waals surface area contributed by atoms with E-state index in [1.807, 2.05) is 11.9 Å². The van der Waals surface area contributed by atoms with Crippen LogP contribution in [0.5, 0.6) is 0 Å². The van der Waals surface area contributed by atoms with E-state index in [0.29, 0.717) is 0 Å². The Morgan fingerprint density at radius 3 is 2.78 bits per heavy atom. The van der Waals surface area contributed by atoms with Crippen LogP contribution in [0.1, 0.15) is 19.8 Å². The lowest BCUT2D eigenvalue weighted by molar-refractivity contribution is 0.303. The third kappa shape index (κ3) is 2.18. The molecule has 0 unspecified atom stereocenters. The van der Waals surface area contributed by atoms with Gasteiger partial charge in [0, 0.05) is 13.1 Å². The van der Waals surface area contributed by atoms with Crippen molar-refractivity contribution in [2.45, 2.75) is 19.8 Å². The van der Waals surface area contributed by atoms with Crippen LogP contribution in [0.3, 0.4) is 0 Å². The Hall–Kier alpha value is 0.310. The summed E-state index contributed by atoms with van der Waals surface area (Å²) < 4.78 is 2.45. The molecular weight excluding hydrogens is 130 g/mol. The third-order valence-electron chi connectivity index (χ3n) is 1.88. The van der Waals surface area contributed by atoms with Crippen molar-refractivity contribution in [1.29, 1.82) is 0 Å². The van der Waals surface area contributed by atoms with E-state index in [4.69, 9.17) is 0 Å². The van der Waals surface area contributed by atoms with E-state index in [9.17, 15) is 0 Å². The summed E-state index contributed by atoms with van der Waals surface area (Å²) in [7, 11) is 0. The van der Waals surface area contributed by atoms with Crippen LogP contribution in [0.15, 0.2) is 0 Å². The highest BCUT2D eigenvalue weighted by molar-refractivity contribution is 7.96. The lowest BCUT2D eigenvalue weighted by Gasteiger charge is -2.28. The molecule has 1 atom stereocenters. The van der Waals surface area contributed by atoms with Gasteiger partial charge in [-0.1, -0.05) is 18.9 Å². The monoisotopic (exact) mass is 145 g/mol. The van der Waals surface area contributed by atoms with Crippen LogP contribution in [0.25, 0.3) is 0 Å². The smallest absolute Gasteiger partial charge is 0.0115 e. The summed E-state index contributed by atoms with van der Waals surface area (Å²) in [5.41, 5.74) is 0. The molecule has 1 saturated heterocycles. The number of rotatable bonds is 1. The van der Waals surface area contributed by atoms with Crippen molar-refractivity contribution in [2.75, 3.05) is 19.3 Å². The fraction of sp³-hybridized carbons (Fsp3) is 1.00. The summed E-state index contributed by atoms with van der Waals surface area (Å²) >= 11 is 1.88. The van der Waals surface area contributed by atoms with E-state index >= 15 is 0 Å². The zero-order chi connectivity index (χ0) is 6.69. The van der Waals surface area contributed by atoms with Crippen molar-refractivity contribution in [3.8, 4) is 0 Å². The van der Waals surface area contributed by atoms with Crippen molar-refractivity contribution in [3.05, 3.63) is 0 Å². The Balaban J connectivity index is 2.23. The lowest BCUT2D eigenvalue weighted by Crippen LogP contribution is -2.28. The Labute approximate surface area is 61.9 Å². The van der Waals surface area contributed by atoms with Gasteiger partial charge in [0.05, 0.1) is 0 Å². The van der Waals surface area contributed by atoms with Crippen LogP contribution in [0.2, 0.25) is 0 Å². The minimum Gasteiger partial charge on any atom is -0.251 e. The molecular formula is C7H15NS. The maximum atomic E-state index is 2.45. The predicted molar refractivity (Wildman–Crippen MR) is 43.5 cm³/mol. The van der Waals surface area contributed by atoms with E-state index in [0.717, 1.165) is 5.92 Å². The Morgan fingerprint density at radius 2 is 2.33 bits per heavy atom. The Bertz CT molecular complexity index is 85.0. The number of hydrogen-bond acceptors (Lipinski definition) is 2. The molecule has 0 aromatic carbocycles. The zero-order valence-corrected chi connectivity index (χ0v) is 7.08. The summed E-state index contributed by atoms with van der Waals surface area (Å²) in [6.45, 7) is 4.93. The van der Waals surface area contributed by atoms with E-state index in [-0.39, 0.29) is 0 Å². The van der Waals surface area contributed by atoms with Crippen molar-refractivity contribution in [1.82, 2.24) is 4.31 Å². The molecule has 9 heavy (non-hydrogen) atoms. The molecule has 0 saturated carbocycles. The molecule has 0 bridgehead atoms. The fourth-order valence-electron chi connectivity index (χ4n) is 1.31. The van der Waals surface area contributed by atoms with Crippen LogP contribution in [0, 0.1) is 5.92 Å². The molecule has 0 N–H and O–H groups in total. The fourth-order valence-corrected chi connectivity index (χ4v) is 2.03. The molecule has 0 aromatic heterocycles. The summed E-state index contributed by atoms with van der Waals surface area (Å²) in [6.07, 6.45) is 4.98. The van der Waals surface area contributed by atoms with Gasteiger partial charge in [-0.05, 0) is 25.0 Å². The van der Waals surface area contributed by atoms with Gasteiger partial charge in [-0.15, -0.1) is 0 Å². The van der Waals surface area contributed by atoms with Crippen LogP contribution in [0.4, 0.5) is 0 Å². The van der Waals surface area contributed by atoms with Crippen molar-refractivity contribution in [3.63, 3.8) is 0 Å². The van der Waals surface area contributed by atoms with Gasteiger partial charge < -0.3 is 0 Å². The van der Waals surface area contributed by atoms with Gasteiger partial charge in [0.15, 0.2) is 0 Å². The largest absolute Gasteiger partial charge is 0.251 e. The van der Waals surface area contributed by atoms with Gasteiger partial charge in [0.2, 0.25) is 0 Å². The molecule has 0 aliphatic carbocycles. The van der Waals surface area contributed by atoms with Gasteiger partial charge in [-0.2, -0.15) is 0 Å². The predicted octanol–water partition coefficient (Wildman–Crippen LogP) is 2.00. The topological polar surface area (TPSA) is 3.24 Å². The first-order chi connectivity index (χ1) is 4.33. The minimum atomic E-state index is 0.922. The first kappa shape index (κ1) is 7.42. The quantitative estimate of drug-likeness (QED) is 0.519. The Kier molecular flexibility index (Phi) is 2.86. The maximum absolute atomic E-state index is 2.45. The lowest BCUT2D eigenvalue weighted by atomic mass is 10.0. The van der Waals surface area contributed by atoms with Crippen LogP contribution >= 0.6 is 11.9 Å². The zero-order valence-electron chi connectivity index (χ0n) is 6.26. The second kappa shape index (κ2) is 3.47. The van der Waals surface area contributed by atoms with Crippen LogP contribution in [-0.4, -0.2) is 23.7 Å². The average Bonchev–Trinajstić information content (AvgIpc) is 1.88. The van der Waals surface area contributed by atoms with Gasteiger partial charge in [0.1, 0.15) is 0 Å². The van der Waals surface area contributed by atoms with Crippen LogP contribution < -0.4 is 0 Å². The van der Waals surface area contributed by atoms with Crippen molar-refractivity contribution in [2.24, 2.45) is 5.92 Å². The van der Waals surface area contributed by atoms with Crippen LogP contribution in [-0.2, 0) is 0 Å². The summed E-state index contributed by atoms with van der Waals surface area (Å²) in [5.74, 6) is 0.922. The van der Waals surface area contributed by atoms with Gasteiger partial charge in [-0.25, -0.2) is 0 Å². The molecule has 0 amide bonds. The number of hydrogen-bond donors (Lipinski definition) is 0. The molecule has 0 spiro atoms. The average molecular weight is 145 g/mol. The highest BCUT2D eigenvalue weighted by atomic mass is 32.2. The van der Waals surface area contributed by atoms with E-state index in [1.165, 1.54) is 25.9 Å². The van der Waals surface area contributed by atoms with Gasteiger partial charge in [-0.3, -0.25) is 4.31 Å². The standard InChI is InChI=1S/C7H15NS/c1-7-4-3-5-8(6-7)9-2/h7H,3-6H2,1-2H3/t7-/m1/s1. The molecule has 2 heteroatoms. The maximum Gasteiger partial charge on any atom is 0.0115 e. The second-order valence-electron chi connectivity index (χ2n) is 2.82. The highest BCUT2D eigenvalue weighted by Gasteiger charge is 2.14. The summed E-state index contributed by atoms with van der Waals surface area (Å²) in [5, 5.41) is 0. The summed E-state index contributed by atoms with van der Waals surface area (Å²) in [6, 6.07) is 0.